The summed E-state index contributed by atoms with van der Waals surface area (Å²) in [5.41, 5.74) is 2.56. The summed E-state index contributed by atoms with van der Waals surface area (Å²) in [5, 5.41) is 0. The predicted molar refractivity (Wildman–Crippen MR) is 94.2 cm³/mol. The lowest BCUT2D eigenvalue weighted by molar-refractivity contribution is 0.297. The molecule has 0 bridgehead atoms. The highest BCUT2D eigenvalue weighted by Crippen LogP contribution is 2.36. The Morgan fingerprint density at radius 3 is 2.36 bits per heavy atom. The molecule has 22 heavy (non-hydrogen) atoms. The highest BCUT2D eigenvalue weighted by Gasteiger charge is 2.24. The fourth-order valence-corrected chi connectivity index (χ4v) is 3.71. The van der Waals surface area contributed by atoms with Crippen molar-refractivity contribution in [3.63, 3.8) is 0 Å². The molecule has 0 amide bonds. The zero-order valence-electron chi connectivity index (χ0n) is 14.9. The Balaban J connectivity index is 1.84. The predicted octanol–water partition coefficient (Wildman–Crippen LogP) is 5.98. The van der Waals surface area contributed by atoms with Crippen molar-refractivity contribution < 1.29 is 0 Å². The molecule has 1 aromatic rings. The average molecular weight is 303 g/mol. The van der Waals surface area contributed by atoms with Crippen LogP contribution < -0.4 is 0 Å². The highest BCUT2D eigenvalue weighted by atomic mass is 14.9. The second-order valence-corrected chi connectivity index (χ2v) is 7.16. The summed E-state index contributed by atoms with van der Waals surface area (Å²) in [5.74, 6) is 2.69. The largest absolute Gasteiger partial charge is 0.241 e. The molecule has 0 aromatic carbocycles. The topological polar surface area (TPSA) is 25.8 Å². The molecule has 0 atom stereocenters. The van der Waals surface area contributed by atoms with Gasteiger partial charge in [-0.3, -0.25) is 0 Å². The molecule has 1 heterocycles. The molecule has 2 rings (SSSR count). The first-order chi connectivity index (χ1) is 10.7. The Kier molecular flexibility index (Phi) is 7.35. The van der Waals surface area contributed by atoms with Gasteiger partial charge in [0, 0.05) is 17.8 Å². The van der Waals surface area contributed by atoms with Crippen LogP contribution in [0.15, 0.2) is 6.20 Å². The standard InChI is InChI=1S/C20H34N2/c1-4-6-8-9-17-11-13-18(14-12-17)20-21-15-19(10-7-5-2)16(3)22-20/h15,17-18H,4-14H2,1-3H3/t17-,18-. The van der Waals surface area contributed by atoms with Crippen molar-refractivity contribution in [3.05, 3.63) is 23.3 Å². The van der Waals surface area contributed by atoms with Crippen LogP contribution in [0.5, 0.6) is 0 Å². The molecule has 0 spiro atoms. The van der Waals surface area contributed by atoms with E-state index in [0.29, 0.717) is 5.92 Å². The molecule has 0 radical (unpaired) electrons. The maximum absolute atomic E-state index is 4.84. The third kappa shape index (κ3) is 5.07. The molecule has 0 N–H and O–H groups in total. The monoisotopic (exact) mass is 302 g/mol. The number of nitrogens with zero attached hydrogens (tertiary/aromatic N) is 2. The van der Waals surface area contributed by atoms with Crippen molar-refractivity contribution in [3.8, 4) is 0 Å². The van der Waals surface area contributed by atoms with Gasteiger partial charge in [0.05, 0.1) is 0 Å². The van der Waals surface area contributed by atoms with Crippen molar-refractivity contribution in [1.82, 2.24) is 9.97 Å². The fourth-order valence-electron chi connectivity index (χ4n) is 3.71. The van der Waals surface area contributed by atoms with Gasteiger partial charge in [-0.15, -0.1) is 0 Å². The smallest absolute Gasteiger partial charge is 0.131 e. The third-order valence-corrected chi connectivity index (χ3v) is 5.33. The van der Waals surface area contributed by atoms with E-state index in [1.54, 1.807) is 0 Å². The number of hydrogen-bond acceptors (Lipinski definition) is 2. The van der Waals surface area contributed by atoms with Gasteiger partial charge in [-0.05, 0) is 56.9 Å². The number of aromatic nitrogens is 2. The molecule has 0 unspecified atom stereocenters. The van der Waals surface area contributed by atoms with Gasteiger partial charge in [-0.25, -0.2) is 9.97 Å². The number of hydrogen-bond donors (Lipinski definition) is 0. The SMILES string of the molecule is CCCCC[C@H]1CC[C@H](c2ncc(CCCC)c(C)n2)CC1. The van der Waals surface area contributed by atoms with Crippen LogP contribution in [0.2, 0.25) is 0 Å². The average Bonchev–Trinajstić information content (AvgIpc) is 2.54. The van der Waals surface area contributed by atoms with Crippen molar-refractivity contribution >= 4 is 0 Å². The van der Waals surface area contributed by atoms with Crippen molar-refractivity contribution in [2.24, 2.45) is 5.92 Å². The summed E-state index contributed by atoms with van der Waals surface area (Å²) in [6.45, 7) is 6.69. The van der Waals surface area contributed by atoms with Crippen molar-refractivity contribution in [2.45, 2.75) is 97.3 Å². The first-order valence-electron chi connectivity index (χ1n) is 9.57. The number of aryl methyl sites for hydroxylation is 2. The number of rotatable bonds is 8. The maximum Gasteiger partial charge on any atom is 0.131 e. The lowest BCUT2D eigenvalue weighted by atomic mass is 9.79. The van der Waals surface area contributed by atoms with E-state index >= 15 is 0 Å². The summed E-state index contributed by atoms with van der Waals surface area (Å²) in [6.07, 6.45) is 16.7. The Bertz CT molecular complexity index is 433. The van der Waals surface area contributed by atoms with E-state index < -0.39 is 0 Å². The van der Waals surface area contributed by atoms with E-state index in [0.717, 1.165) is 18.2 Å². The van der Waals surface area contributed by atoms with E-state index in [1.807, 2.05) is 0 Å². The second kappa shape index (κ2) is 9.27. The Morgan fingerprint density at radius 1 is 1.00 bits per heavy atom. The first kappa shape index (κ1) is 17.4. The summed E-state index contributed by atoms with van der Waals surface area (Å²) in [6, 6.07) is 0. The van der Waals surface area contributed by atoms with Gasteiger partial charge in [0.2, 0.25) is 0 Å². The minimum atomic E-state index is 0.612. The normalized spacial score (nSPS) is 22.0. The highest BCUT2D eigenvalue weighted by molar-refractivity contribution is 5.17. The minimum absolute atomic E-state index is 0.612. The Morgan fingerprint density at radius 2 is 1.73 bits per heavy atom. The van der Waals surface area contributed by atoms with Gasteiger partial charge < -0.3 is 0 Å². The molecule has 124 valence electrons. The van der Waals surface area contributed by atoms with E-state index in [4.69, 9.17) is 9.97 Å². The van der Waals surface area contributed by atoms with Crippen LogP contribution in [-0.2, 0) is 6.42 Å². The Labute approximate surface area is 137 Å². The molecule has 2 heteroatoms. The van der Waals surface area contributed by atoms with Crippen molar-refractivity contribution in [2.75, 3.05) is 0 Å². The molecular weight excluding hydrogens is 268 g/mol. The lowest BCUT2D eigenvalue weighted by Crippen LogP contribution is -2.16. The van der Waals surface area contributed by atoms with Gasteiger partial charge >= 0.3 is 0 Å². The van der Waals surface area contributed by atoms with Crippen LogP contribution in [0.1, 0.15) is 101 Å². The van der Waals surface area contributed by atoms with Crippen LogP contribution in [0.4, 0.5) is 0 Å². The molecular formula is C20H34N2. The van der Waals surface area contributed by atoms with Crippen LogP contribution in [-0.4, -0.2) is 9.97 Å². The van der Waals surface area contributed by atoms with E-state index in [1.165, 1.54) is 75.5 Å². The van der Waals surface area contributed by atoms with Crippen molar-refractivity contribution in [1.29, 1.82) is 0 Å². The summed E-state index contributed by atoms with van der Waals surface area (Å²) in [4.78, 5) is 9.54. The molecule has 1 aliphatic carbocycles. The molecule has 0 aliphatic heterocycles. The lowest BCUT2D eigenvalue weighted by Gasteiger charge is -2.28. The minimum Gasteiger partial charge on any atom is -0.241 e. The van der Waals surface area contributed by atoms with Crippen LogP contribution in [0.3, 0.4) is 0 Å². The molecule has 2 nitrogen and oxygen atoms in total. The van der Waals surface area contributed by atoms with E-state index in [-0.39, 0.29) is 0 Å². The zero-order valence-corrected chi connectivity index (χ0v) is 14.9. The van der Waals surface area contributed by atoms with Gasteiger partial charge in [0.15, 0.2) is 0 Å². The van der Waals surface area contributed by atoms with E-state index in [2.05, 4.69) is 27.0 Å². The third-order valence-electron chi connectivity index (χ3n) is 5.33. The van der Waals surface area contributed by atoms with Crippen LogP contribution in [0.25, 0.3) is 0 Å². The first-order valence-corrected chi connectivity index (χ1v) is 9.57. The maximum atomic E-state index is 4.84. The Hall–Kier alpha value is -0.920. The quantitative estimate of drug-likeness (QED) is 0.552. The number of unbranched alkanes of at least 4 members (excludes halogenated alkanes) is 3. The zero-order chi connectivity index (χ0) is 15.8. The van der Waals surface area contributed by atoms with Gasteiger partial charge in [0.1, 0.15) is 5.82 Å². The molecule has 0 saturated heterocycles. The second-order valence-electron chi connectivity index (χ2n) is 7.16. The molecule has 1 aliphatic rings. The van der Waals surface area contributed by atoms with Gasteiger partial charge in [-0.2, -0.15) is 0 Å². The molecule has 1 saturated carbocycles. The van der Waals surface area contributed by atoms with E-state index in [9.17, 15) is 0 Å². The summed E-state index contributed by atoms with van der Waals surface area (Å²) >= 11 is 0. The van der Waals surface area contributed by atoms with Gasteiger partial charge in [0.25, 0.3) is 0 Å². The van der Waals surface area contributed by atoms with Crippen LogP contribution in [0, 0.1) is 12.8 Å². The summed E-state index contributed by atoms with van der Waals surface area (Å²) in [7, 11) is 0. The molecule has 1 fully saturated rings. The fraction of sp³-hybridized carbons (Fsp3) is 0.800. The molecule has 1 aromatic heterocycles. The van der Waals surface area contributed by atoms with Gasteiger partial charge in [-0.1, -0.05) is 46.0 Å². The van der Waals surface area contributed by atoms with Crippen LogP contribution >= 0.6 is 0 Å². The summed E-state index contributed by atoms with van der Waals surface area (Å²) < 4.78 is 0.